The molecule has 1 heterocycles. The summed E-state index contributed by atoms with van der Waals surface area (Å²) < 4.78 is 4.79. The van der Waals surface area contributed by atoms with Gasteiger partial charge in [0.2, 0.25) is 0 Å². The van der Waals surface area contributed by atoms with Crippen LogP contribution in [0, 0.1) is 0 Å². The molecule has 27 heavy (non-hydrogen) atoms. The summed E-state index contributed by atoms with van der Waals surface area (Å²) in [5.41, 5.74) is 3.21. The molecular formula is C23H30N2O2. The number of rotatable bonds is 5. The van der Waals surface area contributed by atoms with E-state index in [-0.39, 0.29) is 5.97 Å². The number of methoxy groups -OCH3 is 1. The molecule has 3 rings (SSSR count). The monoisotopic (exact) mass is 366 g/mol. The molecule has 0 spiro atoms. The molecule has 0 amide bonds. The summed E-state index contributed by atoms with van der Waals surface area (Å²) in [4.78, 5) is 16.8. The molecular weight excluding hydrogens is 336 g/mol. The number of esters is 1. The van der Waals surface area contributed by atoms with E-state index in [0.717, 1.165) is 19.6 Å². The number of carbonyl (C=O) groups is 1. The van der Waals surface area contributed by atoms with Crippen molar-refractivity contribution in [2.75, 3.05) is 20.2 Å². The van der Waals surface area contributed by atoms with Gasteiger partial charge in [-0.1, -0.05) is 42.5 Å². The first-order valence-corrected chi connectivity index (χ1v) is 9.71. The molecule has 144 valence electrons. The van der Waals surface area contributed by atoms with Crippen molar-refractivity contribution in [3.05, 3.63) is 71.3 Å². The van der Waals surface area contributed by atoms with Crippen LogP contribution < -0.4 is 0 Å². The summed E-state index contributed by atoms with van der Waals surface area (Å²) in [5.74, 6) is -0.286. The molecule has 0 N–H and O–H groups in total. The Balaban J connectivity index is 1.66. The standard InChI is InChI=1S/C23H30N2O2/c1-17-14-24(15-18(2)25(17)16-20-8-6-5-7-9-20)19(3)21-10-12-22(13-11-21)23(26)27-4/h5-13,17-19H,14-16H2,1-4H3/t17-,18+,19?. The Morgan fingerprint density at radius 3 is 2.19 bits per heavy atom. The van der Waals surface area contributed by atoms with Crippen LogP contribution in [0.3, 0.4) is 0 Å². The Labute approximate surface area is 162 Å². The Hall–Kier alpha value is -2.17. The van der Waals surface area contributed by atoms with Gasteiger partial charge in [0.25, 0.3) is 0 Å². The largest absolute Gasteiger partial charge is 0.465 e. The van der Waals surface area contributed by atoms with E-state index in [1.165, 1.54) is 18.2 Å². The fraction of sp³-hybridized carbons (Fsp3) is 0.435. The minimum absolute atomic E-state index is 0.286. The van der Waals surface area contributed by atoms with E-state index >= 15 is 0 Å². The summed E-state index contributed by atoms with van der Waals surface area (Å²) in [6, 6.07) is 19.8. The molecule has 0 aromatic heterocycles. The van der Waals surface area contributed by atoms with E-state index in [1.807, 2.05) is 24.3 Å². The summed E-state index contributed by atoms with van der Waals surface area (Å²) in [5, 5.41) is 0. The van der Waals surface area contributed by atoms with E-state index < -0.39 is 0 Å². The topological polar surface area (TPSA) is 32.8 Å². The first-order valence-electron chi connectivity index (χ1n) is 9.71. The molecule has 1 fully saturated rings. The maximum atomic E-state index is 11.6. The highest BCUT2D eigenvalue weighted by Crippen LogP contribution is 2.27. The quantitative estimate of drug-likeness (QED) is 0.745. The average Bonchev–Trinajstić information content (AvgIpc) is 2.70. The smallest absolute Gasteiger partial charge is 0.337 e. The summed E-state index contributed by atoms with van der Waals surface area (Å²) in [7, 11) is 1.41. The van der Waals surface area contributed by atoms with Gasteiger partial charge in [-0.2, -0.15) is 0 Å². The zero-order valence-electron chi connectivity index (χ0n) is 16.8. The number of benzene rings is 2. The van der Waals surface area contributed by atoms with E-state index in [9.17, 15) is 4.79 Å². The Kier molecular flexibility index (Phi) is 6.30. The van der Waals surface area contributed by atoms with E-state index in [0.29, 0.717) is 23.7 Å². The molecule has 2 aromatic carbocycles. The van der Waals surface area contributed by atoms with Crippen molar-refractivity contribution in [3.63, 3.8) is 0 Å². The van der Waals surface area contributed by atoms with Crippen LogP contribution in [-0.2, 0) is 11.3 Å². The molecule has 2 aromatic rings. The van der Waals surface area contributed by atoms with Crippen LogP contribution in [-0.4, -0.2) is 48.1 Å². The lowest BCUT2D eigenvalue weighted by molar-refractivity contribution is 0.0143. The number of carbonyl (C=O) groups excluding carboxylic acids is 1. The lowest BCUT2D eigenvalue weighted by Crippen LogP contribution is -2.56. The summed E-state index contributed by atoms with van der Waals surface area (Å²) in [6.45, 7) is 9.96. The number of piperazine rings is 1. The summed E-state index contributed by atoms with van der Waals surface area (Å²) >= 11 is 0. The molecule has 3 atom stereocenters. The normalized spacial score (nSPS) is 22.4. The fourth-order valence-electron chi connectivity index (χ4n) is 4.05. The van der Waals surface area contributed by atoms with Crippen LogP contribution in [0.5, 0.6) is 0 Å². The molecule has 0 saturated carbocycles. The Morgan fingerprint density at radius 2 is 1.63 bits per heavy atom. The van der Waals surface area contributed by atoms with Crippen LogP contribution in [0.1, 0.15) is 48.3 Å². The molecule has 4 nitrogen and oxygen atoms in total. The van der Waals surface area contributed by atoms with Crippen LogP contribution in [0.25, 0.3) is 0 Å². The highest BCUT2D eigenvalue weighted by Gasteiger charge is 2.31. The van der Waals surface area contributed by atoms with E-state index in [1.54, 1.807) is 0 Å². The number of nitrogens with zero attached hydrogens (tertiary/aromatic N) is 2. The fourth-order valence-corrected chi connectivity index (χ4v) is 4.05. The highest BCUT2D eigenvalue weighted by molar-refractivity contribution is 5.89. The molecule has 0 radical (unpaired) electrons. The van der Waals surface area contributed by atoms with Crippen molar-refractivity contribution in [1.82, 2.24) is 9.80 Å². The zero-order valence-corrected chi connectivity index (χ0v) is 16.8. The van der Waals surface area contributed by atoms with Gasteiger partial charge in [0.1, 0.15) is 0 Å². The van der Waals surface area contributed by atoms with Gasteiger partial charge in [-0.05, 0) is 44.0 Å². The van der Waals surface area contributed by atoms with Crippen molar-refractivity contribution >= 4 is 5.97 Å². The van der Waals surface area contributed by atoms with Gasteiger partial charge in [-0.15, -0.1) is 0 Å². The Bertz CT molecular complexity index is 733. The maximum Gasteiger partial charge on any atom is 0.337 e. The van der Waals surface area contributed by atoms with Gasteiger partial charge in [0.15, 0.2) is 0 Å². The SMILES string of the molecule is COC(=O)c1ccc(C(C)N2C[C@@H](C)N(Cc3ccccc3)[C@@H](C)C2)cc1. The predicted molar refractivity (Wildman–Crippen MR) is 109 cm³/mol. The number of hydrogen-bond acceptors (Lipinski definition) is 4. The first kappa shape index (κ1) is 19.6. The van der Waals surface area contributed by atoms with Gasteiger partial charge in [0.05, 0.1) is 12.7 Å². The molecule has 1 aliphatic rings. The van der Waals surface area contributed by atoms with Gasteiger partial charge >= 0.3 is 5.97 Å². The third kappa shape index (κ3) is 4.57. The van der Waals surface area contributed by atoms with Gasteiger partial charge in [-0.25, -0.2) is 4.79 Å². The second-order valence-corrected chi connectivity index (χ2v) is 7.60. The van der Waals surface area contributed by atoms with Gasteiger partial charge < -0.3 is 4.74 Å². The van der Waals surface area contributed by atoms with Crippen LogP contribution in [0.2, 0.25) is 0 Å². The van der Waals surface area contributed by atoms with Gasteiger partial charge in [-0.3, -0.25) is 9.80 Å². The molecule has 1 saturated heterocycles. The van der Waals surface area contributed by atoms with Crippen molar-refractivity contribution in [3.8, 4) is 0 Å². The van der Waals surface area contributed by atoms with E-state index in [2.05, 4.69) is 60.9 Å². The van der Waals surface area contributed by atoms with Gasteiger partial charge in [0, 0.05) is 37.8 Å². The van der Waals surface area contributed by atoms with Crippen molar-refractivity contribution in [1.29, 1.82) is 0 Å². The third-order valence-electron chi connectivity index (χ3n) is 5.70. The van der Waals surface area contributed by atoms with E-state index in [4.69, 9.17) is 4.74 Å². The first-order chi connectivity index (χ1) is 13.0. The minimum Gasteiger partial charge on any atom is -0.465 e. The molecule has 4 heteroatoms. The zero-order chi connectivity index (χ0) is 19.4. The van der Waals surface area contributed by atoms with Crippen LogP contribution >= 0.6 is 0 Å². The second-order valence-electron chi connectivity index (χ2n) is 7.60. The molecule has 1 unspecified atom stereocenters. The summed E-state index contributed by atoms with van der Waals surface area (Å²) in [6.07, 6.45) is 0. The predicted octanol–water partition coefficient (Wildman–Crippen LogP) is 4.13. The second kappa shape index (κ2) is 8.68. The molecule has 0 bridgehead atoms. The molecule has 1 aliphatic heterocycles. The van der Waals surface area contributed by atoms with Crippen molar-refractivity contribution in [2.24, 2.45) is 0 Å². The van der Waals surface area contributed by atoms with Crippen LogP contribution in [0.15, 0.2) is 54.6 Å². The Morgan fingerprint density at radius 1 is 1.04 bits per heavy atom. The number of ether oxygens (including phenoxy) is 1. The lowest BCUT2D eigenvalue weighted by atomic mass is 10.00. The van der Waals surface area contributed by atoms with Crippen LogP contribution in [0.4, 0.5) is 0 Å². The molecule has 0 aliphatic carbocycles. The maximum absolute atomic E-state index is 11.6. The lowest BCUT2D eigenvalue weighted by Gasteiger charge is -2.46. The third-order valence-corrected chi connectivity index (χ3v) is 5.70. The van der Waals surface area contributed by atoms with Crippen molar-refractivity contribution in [2.45, 2.75) is 45.4 Å². The number of hydrogen-bond donors (Lipinski definition) is 0. The highest BCUT2D eigenvalue weighted by atomic mass is 16.5. The van der Waals surface area contributed by atoms with Crippen molar-refractivity contribution < 1.29 is 9.53 Å². The minimum atomic E-state index is -0.286. The average molecular weight is 367 g/mol.